The Morgan fingerprint density at radius 1 is 1.07 bits per heavy atom. The number of non-ortho nitro benzene ring substituents is 1. The molecule has 1 saturated heterocycles. The highest BCUT2D eigenvalue weighted by Crippen LogP contribution is 2.37. The maximum atomic E-state index is 12.9. The van der Waals surface area contributed by atoms with Crippen LogP contribution in [0.5, 0.6) is 0 Å². The molecule has 136 valence electrons. The van der Waals surface area contributed by atoms with Gasteiger partial charge in [-0.05, 0) is 24.3 Å². The van der Waals surface area contributed by atoms with Crippen LogP contribution in [0, 0.1) is 16.0 Å². The summed E-state index contributed by atoms with van der Waals surface area (Å²) in [7, 11) is 0. The third-order valence-electron chi connectivity index (χ3n) is 4.34. The minimum atomic E-state index is -1.10. The van der Waals surface area contributed by atoms with Gasteiger partial charge in [-0.2, -0.15) is 0 Å². The van der Waals surface area contributed by atoms with Crippen molar-refractivity contribution < 1.29 is 19.3 Å². The highest BCUT2D eigenvalue weighted by atomic mass is 35.5. The second-order valence-electron chi connectivity index (χ2n) is 5.89. The Morgan fingerprint density at radius 2 is 1.78 bits per heavy atom. The third kappa shape index (κ3) is 2.73. The molecule has 8 nitrogen and oxygen atoms in total. The lowest BCUT2D eigenvalue weighted by Crippen LogP contribution is -2.33. The molecule has 2 heterocycles. The molecule has 2 aliphatic rings. The van der Waals surface area contributed by atoms with E-state index in [1.165, 1.54) is 30.3 Å². The maximum absolute atomic E-state index is 12.9. The van der Waals surface area contributed by atoms with Crippen LogP contribution in [0.4, 0.5) is 11.4 Å². The maximum Gasteiger partial charge on any atom is 0.278 e. The van der Waals surface area contributed by atoms with Crippen molar-refractivity contribution >= 4 is 52.1 Å². The lowest BCUT2D eigenvalue weighted by Gasteiger charge is -2.15. The zero-order valence-corrected chi connectivity index (χ0v) is 14.8. The summed E-state index contributed by atoms with van der Waals surface area (Å²) < 4.78 is 0. The quantitative estimate of drug-likeness (QED) is 0.443. The van der Waals surface area contributed by atoms with Crippen molar-refractivity contribution in [3.05, 3.63) is 68.2 Å². The predicted octanol–water partition coefficient (Wildman–Crippen LogP) is 3.19. The number of nitro groups is 1. The number of anilines is 1. The number of benzene rings is 2. The van der Waals surface area contributed by atoms with E-state index in [9.17, 15) is 19.7 Å². The van der Waals surface area contributed by atoms with Crippen LogP contribution < -0.4 is 4.90 Å². The average Bonchev–Trinajstić information content (AvgIpc) is 3.16. The summed E-state index contributed by atoms with van der Waals surface area (Å²) in [6, 6.07) is 9.80. The Hall–Kier alpha value is -2.97. The number of fused-ring (bicyclic) bond motifs is 1. The van der Waals surface area contributed by atoms with Gasteiger partial charge in [0.2, 0.25) is 12.0 Å². The van der Waals surface area contributed by atoms with Gasteiger partial charge in [-0.1, -0.05) is 34.4 Å². The molecule has 0 radical (unpaired) electrons. The summed E-state index contributed by atoms with van der Waals surface area (Å²) in [6.45, 7) is 0. The molecular weight excluding hydrogens is 397 g/mol. The van der Waals surface area contributed by atoms with Crippen LogP contribution in [-0.2, 0) is 14.4 Å². The van der Waals surface area contributed by atoms with Crippen molar-refractivity contribution in [2.75, 3.05) is 4.90 Å². The van der Waals surface area contributed by atoms with Gasteiger partial charge >= 0.3 is 0 Å². The molecule has 0 spiro atoms. The van der Waals surface area contributed by atoms with Crippen LogP contribution in [0.2, 0.25) is 10.0 Å². The Balaban J connectivity index is 1.69. The molecule has 0 aliphatic carbocycles. The molecule has 0 N–H and O–H groups in total. The topological polar surface area (TPSA) is 102 Å². The number of hydrogen-bond donors (Lipinski definition) is 0. The minimum absolute atomic E-state index is 0.149. The molecule has 1 fully saturated rings. The first-order chi connectivity index (χ1) is 12.9. The number of nitrogens with zero attached hydrogens (tertiary/aromatic N) is 3. The highest BCUT2D eigenvalue weighted by molar-refractivity contribution is 6.39. The summed E-state index contributed by atoms with van der Waals surface area (Å²) in [5.41, 5.74) is 0.754. The molecule has 0 unspecified atom stereocenters. The number of hydrogen-bond acceptors (Lipinski definition) is 6. The largest absolute Gasteiger partial charge is 0.381 e. The number of amides is 2. The number of halogens is 2. The van der Waals surface area contributed by atoms with E-state index < -0.39 is 28.8 Å². The van der Waals surface area contributed by atoms with Gasteiger partial charge in [0.25, 0.3) is 11.6 Å². The van der Waals surface area contributed by atoms with Gasteiger partial charge in [-0.25, -0.2) is 4.90 Å². The van der Waals surface area contributed by atoms with Crippen LogP contribution in [0.3, 0.4) is 0 Å². The summed E-state index contributed by atoms with van der Waals surface area (Å²) in [5.74, 6) is -2.09. The van der Waals surface area contributed by atoms with Crippen molar-refractivity contribution in [2.24, 2.45) is 11.1 Å². The van der Waals surface area contributed by atoms with E-state index in [2.05, 4.69) is 5.16 Å². The van der Waals surface area contributed by atoms with E-state index in [4.69, 9.17) is 28.0 Å². The number of carbonyl (C=O) groups excluding carboxylic acids is 2. The number of oxime groups is 1. The van der Waals surface area contributed by atoms with Gasteiger partial charge in [-0.3, -0.25) is 19.7 Å². The smallest absolute Gasteiger partial charge is 0.278 e. The Kier molecular flexibility index (Phi) is 4.09. The molecule has 0 bridgehead atoms. The Bertz CT molecular complexity index is 1020. The summed E-state index contributed by atoms with van der Waals surface area (Å²) in [4.78, 5) is 41.9. The van der Waals surface area contributed by atoms with Gasteiger partial charge in [0.05, 0.1) is 15.6 Å². The zero-order chi connectivity index (χ0) is 19.3. The molecule has 2 aromatic carbocycles. The molecule has 0 aromatic heterocycles. The van der Waals surface area contributed by atoms with E-state index >= 15 is 0 Å². The lowest BCUT2D eigenvalue weighted by molar-refractivity contribution is -0.384. The molecule has 10 heteroatoms. The highest BCUT2D eigenvalue weighted by Gasteiger charge is 2.56. The molecule has 2 amide bonds. The van der Waals surface area contributed by atoms with Crippen LogP contribution in [0.15, 0.2) is 47.6 Å². The standard InChI is InChI=1S/C17H9Cl2N3O5/c18-8-1-6-11(12(19)7-8)14-13-15(27-20-14)17(24)21(16(13)23)9-2-4-10(5-3-9)22(25)26/h1-7,13,15H/t13-,15+/m1/s1. The fraction of sp³-hybridized carbons (Fsp3) is 0.118. The molecule has 4 rings (SSSR count). The van der Waals surface area contributed by atoms with Gasteiger partial charge in [0.15, 0.2) is 0 Å². The molecule has 2 aliphatic heterocycles. The molecule has 0 saturated carbocycles. The SMILES string of the molecule is O=C1[C@@H]2C(c3ccc(Cl)cc3Cl)=NO[C@@H]2C(=O)N1c1ccc([N+](=O)[O-])cc1. The van der Waals surface area contributed by atoms with Crippen molar-refractivity contribution in [3.8, 4) is 0 Å². The van der Waals surface area contributed by atoms with E-state index in [1.54, 1.807) is 12.1 Å². The van der Waals surface area contributed by atoms with Crippen molar-refractivity contribution in [3.63, 3.8) is 0 Å². The van der Waals surface area contributed by atoms with Crippen LogP contribution in [0.25, 0.3) is 0 Å². The number of carbonyl (C=O) groups is 2. The van der Waals surface area contributed by atoms with E-state index in [-0.39, 0.29) is 22.1 Å². The first-order valence-electron chi connectivity index (χ1n) is 7.70. The summed E-state index contributed by atoms with van der Waals surface area (Å²) in [6.07, 6.45) is -1.10. The Labute approximate surface area is 162 Å². The number of nitro benzene ring substituents is 1. The molecule has 2 aromatic rings. The molecule has 2 atom stereocenters. The predicted molar refractivity (Wildman–Crippen MR) is 97.0 cm³/mol. The fourth-order valence-corrected chi connectivity index (χ4v) is 3.58. The Morgan fingerprint density at radius 3 is 2.41 bits per heavy atom. The summed E-state index contributed by atoms with van der Waals surface area (Å²) >= 11 is 12.1. The van der Waals surface area contributed by atoms with Gasteiger partial charge in [0, 0.05) is 22.7 Å². The van der Waals surface area contributed by atoms with Gasteiger partial charge in [-0.15, -0.1) is 0 Å². The van der Waals surface area contributed by atoms with Crippen LogP contribution >= 0.6 is 23.2 Å². The van der Waals surface area contributed by atoms with Crippen LogP contribution in [0.1, 0.15) is 5.56 Å². The number of rotatable bonds is 3. The monoisotopic (exact) mass is 405 g/mol. The molecule has 27 heavy (non-hydrogen) atoms. The number of imide groups is 1. The van der Waals surface area contributed by atoms with Crippen LogP contribution in [-0.4, -0.2) is 28.6 Å². The normalized spacial score (nSPS) is 21.1. The van der Waals surface area contributed by atoms with E-state index in [0.717, 1.165) is 4.90 Å². The van der Waals surface area contributed by atoms with Crippen molar-refractivity contribution in [1.29, 1.82) is 0 Å². The van der Waals surface area contributed by atoms with E-state index in [0.29, 0.717) is 10.6 Å². The zero-order valence-electron chi connectivity index (χ0n) is 13.3. The molecular formula is C17H9Cl2N3O5. The first-order valence-corrected chi connectivity index (χ1v) is 8.45. The minimum Gasteiger partial charge on any atom is -0.381 e. The second-order valence-corrected chi connectivity index (χ2v) is 6.73. The first kappa shape index (κ1) is 17.4. The van der Waals surface area contributed by atoms with Gasteiger partial charge in [0.1, 0.15) is 11.6 Å². The second kappa shape index (κ2) is 6.33. The third-order valence-corrected chi connectivity index (χ3v) is 4.89. The average molecular weight is 406 g/mol. The summed E-state index contributed by atoms with van der Waals surface area (Å²) in [5, 5.41) is 15.4. The van der Waals surface area contributed by atoms with Gasteiger partial charge < -0.3 is 4.84 Å². The van der Waals surface area contributed by atoms with E-state index in [1.807, 2.05) is 0 Å². The lowest BCUT2D eigenvalue weighted by atomic mass is 9.94. The van der Waals surface area contributed by atoms with Crippen molar-refractivity contribution in [2.45, 2.75) is 6.10 Å². The van der Waals surface area contributed by atoms with Crippen molar-refractivity contribution in [1.82, 2.24) is 0 Å². The fourth-order valence-electron chi connectivity index (χ4n) is 3.08.